The van der Waals surface area contributed by atoms with Crippen LogP contribution in [-0.2, 0) is 16.0 Å². The fourth-order valence-corrected chi connectivity index (χ4v) is 4.61. The molecule has 180 valence electrons. The molecule has 0 spiro atoms. The van der Waals surface area contributed by atoms with Gasteiger partial charge in [0.15, 0.2) is 5.78 Å². The number of carbonyl (C=O) groups excluding carboxylic acids is 2. The van der Waals surface area contributed by atoms with Crippen molar-refractivity contribution < 1.29 is 18.7 Å². The minimum atomic E-state index is -0.456. The Morgan fingerprint density at radius 2 is 1.86 bits per heavy atom. The van der Waals surface area contributed by atoms with Gasteiger partial charge in [0.2, 0.25) is 5.91 Å². The fourth-order valence-electron chi connectivity index (χ4n) is 4.61. The van der Waals surface area contributed by atoms with Crippen molar-refractivity contribution in [2.24, 2.45) is 0 Å². The van der Waals surface area contributed by atoms with Gasteiger partial charge < -0.3 is 10.1 Å². The van der Waals surface area contributed by atoms with E-state index >= 15 is 0 Å². The van der Waals surface area contributed by atoms with Crippen molar-refractivity contribution in [1.29, 1.82) is 0 Å². The van der Waals surface area contributed by atoms with E-state index < -0.39 is 5.54 Å². The van der Waals surface area contributed by atoms with E-state index in [1.165, 1.54) is 6.07 Å². The first kappa shape index (κ1) is 23.3. The van der Waals surface area contributed by atoms with Crippen LogP contribution in [0.5, 0.6) is 0 Å². The molecule has 1 aromatic heterocycles. The van der Waals surface area contributed by atoms with Crippen molar-refractivity contribution in [1.82, 2.24) is 9.88 Å². The maximum Gasteiger partial charge on any atom is 0.244 e. The van der Waals surface area contributed by atoms with E-state index in [1.807, 2.05) is 13.0 Å². The average Bonchev–Trinajstić information content (AvgIpc) is 3.69. The van der Waals surface area contributed by atoms with Gasteiger partial charge in [-0.1, -0.05) is 30.3 Å². The number of nitrogens with one attached hydrogen (secondary N) is 1. The number of ketones is 1. The summed E-state index contributed by atoms with van der Waals surface area (Å²) in [6.07, 6.45) is 3.45. The number of Topliss-reactive ketones (excluding diaryl/α,β-unsaturated/α-hetero) is 1. The summed E-state index contributed by atoms with van der Waals surface area (Å²) in [6, 6.07) is 15.4. The Labute approximate surface area is 204 Å². The minimum absolute atomic E-state index is 0.0139. The van der Waals surface area contributed by atoms with Gasteiger partial charge in [0, 0.05) is 42.5 Å². The van der Waals surface area contributed by atoms with Crippen LogP contribution < -0.4 is 5.32 Å². The molecule has 2 aromatic carbocycles. The Bertz CT molecular complexity index is 1250. The lowest BCUT2D eigenvalue weighted by Gasteiger charge is -2.34. The van der Waals surface area contributed by atoms with E-state index in [4.69, 9.17) is 4.74 Å². The zero-order chi connectivity index (χ0) is 24.4. The van der Waals surface area contributed by atoms with Crippen LogP contribution in [0.3, 0.4) is 0 Å². The highest BCUT2D eigenvalue weighted by atomic mass is 19.1. The maximum absolute atomic E-state index is 14.0. The summed E-state index contributed by atoms with van der Waals surface area (Å²) >= 11 is 0. The Hall–Kier alpha value is -3.42. The highest BCUT2D eigenvalue weighted by Gasteiger charge is 2.54. The largest absolute Gasteiger partial charge is 0.379 e. The van der Waals surface area contributed by atoms with Gasteiger partial charge in [0.05, 0.1) is 18.9 Å². The summed E-state index contributed by atoms with van der Waals surface area (Å²) in [5.41, 5.74) is 3.33. The summed E-state index contributed by atoms with van der Waals surface area (Å²) < 4.78 is 19.5. The van der Waals surface area contributed by atoms with E-state index in [0.29, 0.717) is 35.7 Å². The number of morpholine rings is 1. The molecule has 6 nitrogen and oxygen atoms in total. The number of anilines is 1. The summed E-state index contributed by atoms with van der Waals surface area (Å²) in [7, 11) is 0. The maximum atomic E-state index is 14.0. The second-order valence-corrected chi connectivity index (χ2v) is 9.25. The van der Waals surface area contributed by atoms with E-state index in [9.17, 15) is 14.0 Å². The number of nitrogens with zero attached hydrogens (tertiary/aromatic N) is 2. The molecule has 0 unspecified atom stereocenters. The Morgan fingerprint density at radius 1 is 1.09 bits per heavy atom. The molecule has 5 rings (SSSR count). The summed E-state index contributed by atoms with van der Waals surface area (Å²) in [6.45, 7) is 4.73. The highest BCUT2D eigenvalue weighted by molar-refractivity contribution is 6.03. The first-order valence-corrected chi connectivity index (χ1v) is 11.9. The molecule has 1 aliphatic carbocycles. The minimum Gasteiger partial charge on any atom is -0.379 e. The Morgan fingerprint density at radius 3 is 2.54 bits per heavy atom. The molecule has 2 fully saturated rings. The van der Waals surface area contributed by atoms with Crippen LogP contribution in [0.1, 0.15) is 34.3 Å². The van der Waals surface area contributed by atoms with Crippen LogP contribution in [-0.4, -0.2) is 53.4 Å². The van der Waals surface area contributed by atoms with Gasteiger partial charge in [0.25, 0.3) is 0 Å². The Balaban J connectivity index is 1.27. The van der Waals surface area contributed by atoms with Crippen molar-refractivity contribution in [3.63, 3.8) is 0 Å². The standard InChI is InChI=1S/C28H28FN3O3/c1-19-6-8-21(17-25(19)31-27(34)28(10-11-28)32-12-14-35-15-13-32)26(33)16-20-7-9-24(30-18-20)22-4-2-3-5-23(22)29/h2-9,17-18H,10-16H2,1H3,(H,31,34). The van der Waals surface area contributed by atoms with Crippen LogP contribution >= 0.6 is 0 Å². The normalized spacial score (nSPS) is 17.1. The number of pyridine rings is 1. The third-order valence-corrected chi connectivity index (χ3v) is 6.91. The summed E-state index contributed by atoms with van der Waals surface area (Å²) in [5, 5.41) is 3.08. The SMILES string of the molecule is Cc1ccc(C(=O)Cc2ccc(-c3ccccc3F)nc2)cc1NC(=O)C1(N2CCOCC2)CC1. The van der Waals surface area contributed by atoms with Crippen LogP contribution in [0.15, 0.2) is 60.8 Å². The van der Waals surface area contributed by atoms with Gasteiger partial charge in [-0.05, 0) is 55.2 Å². The molecule has 1 aliphatic heterocycles. The molecule has 1 saturated carbocycles. The van der Waals surface area contributed by atoms with Crippen molar-refractivity contribution in [2.45, 2.75) is 31.7 Å². The van der Waals surface area contributed by atoms with Crippen LogP contribution in [0.2, 0.25) is 0 Å². The topological polar surface area (TPSA) is 71.5 Å². The average molecular weight is 474 g/mol. The number of rotatable bonds is 7. The number of amides is 1. The lowest BCUT2D eigenvalue weighted by Crippen LogP contribution is -2.51. The number of aromatic nitrogens is 1. The molecule has 0 bridgehead atoms. The van der Waals surface area contributed by atoms with Gasteiger partial charge in [-0.25, -0.2) is 4.39 Å². The van der Waals surface area contributed by atoms with Crippen molar-refractivity contribution in [2.75, 3.05) is 31.6 Å². The number of hydrogen-bond donors (Lipinski definition) is 1. The zero-order valence-corrected chi connectivity index (χ0v) is 19.7. The third kappa shape index (κ3) is 4.88. The second kappa shape index (κ2) is 9.68. The quantitative estimate of drug-likeness (QED) is 0.514. The molecule has 0 radical (unpaired) electrons. The van der Waals surface area contributed by atoms with Gasteiger partial charge in [-0.2, -0.15) is 0 Å². The predicted molar refractivity (Wildman–Crippen MR) is 132 cm³/mol. The molecule has 35 heavy (non-hydrogen) atoms. The number of hydrogen-bond acceptors (Lipinski definition) is 5. The van der Waals surface area contributed by atoms with E-state index in [2.05, 4.69) is 15.2 Å². The lowest BCUT2D eigenvalue weighted by atomic mass is 10.0. The first-order chi connectivity index (χ1) is 17.0. The van der Waals surface area contributed by atoms with Crippen LogP contribution in [0.25, 0.3) is 11.3 Å². The van der Waals surface area contributed by atoms with Gasteiger partial charge in [-0.3, -0.25) is 19.5 Å². The molecule has 2 aliphatic rings. The predicted octanol–water partition coefficient (Wildman–Crippen LogP) is 4.42. The Kier molecular flexibility index (Phi) is 6.45. The molecule has 1 saturated heterocycles. The van der Waals surface area contributed by atoms with E-state index in [1.54, 1.807) is 48.7 Å². The monoisotopic (exact) mass is 473 g/mol. The first-order valence-electron chi connectivity index (χ1n) is 11.9. The molecular weight excluding hydrogens is 445 g/mol. The van der Waals surface area contributed by atoms with E-state index in [0.717, 1.165) is 37.1 Å². The molecule has 2 heterocycles. The fraction of sp³-hybridized carbons (Fsp3) is 0.321. The molecular formula is C28H28FN3O3. The van der Waals surface area contributed by atoms with Gasteiger partial charge in [0.1, 0.15) is 11.4 Å². The smallest absolute Gasteiger partial charge is 0.244 e. The van der Waals surface area contributed by atoms with Crippen molar-refractivity contribution in [3.05, 3.63) is 83.3 Å². The zero-order valence-electron chi connectivity index (χ0n) is 19.7. The molecule has 1 amide bonds. The second-order valence-electron chi connectivity index (χ2n) is 9.25. The lowest BCUT2D eigenvalue weighted by molar-refractivity contribution is -0.124. The van der Waals surface area contributed by atoms with Crippen LogP contribution in [0, 0.1) is 12.7 Å². The summed E-state index contributed by atoms with van der Waals surface area (Å²) in [5.74, 6) is -0.421. The number of aryl methyl sites for hydroxylation is 1. The molecule has 1 N–H and O–H groups in total. The number of ether oxygens (including phenoxy) is 1. The van der Waals surface area contributed by atoms with Gasteiger partial charge in [-0.15, -0.1) is 0 Å². The highest BCUT2D eigenvalue weighted by Crippen LogP contribution is 2.43. The summed E-state index contributed by atoms with van der Waals surface area (Å²) in [4.78, 5) is 32.7. The number of halogens is 1. The number of carbonyl (C=O) groups is 2. The van der Waals surface area contributed by atoms with Crippen LogP contribution in [0.4, 0.5) is 10.1 Å². The van der Waals surface area contributed by atoms with Gasteiger partial charge >= 0.3 is 0 Å². The number of benzene rings is 2. The van der Waals surface area contributed by atoms with Crippen molar-refractivity contribution >= 4 is 17.4 Å². The molecule has 0 atom stereocenters. The third-order valence-electron chi connectivity index (χ3n) is 6.91. The molecule has 3 aromatic rings. The van der Waals surface area contributed by atoms with E-state index in [-0.39, 0.29) is 23.9 Å². The van der Waals surface area contributed by atoms with Crippen molar-refractivity contribution in [3.8, 4) is 11.3 Å². The molecule has 7 heteroatoms.